The largest absolute Gasteiger partial charge is 0.466 e. The lowest BCUT2D eigenvalue weighted by Crippen LogP contribution is -2.40. The minimum atomic E-state index is -0.976. The van der Waals surface area contributed by atoms with Crippen LogP contribution in [0.15, 0.2) is 89.4 Å². The zero-order valence-electron chi connectivity index (χ0n) is 21.6. The van der Waals surface area contributed by atoms with Crippen LogP contribution in [0.1, 0.15) is 18.4 Å². The number of anilines is 1. The van der Waals surface area contributed by atoms with E-state index >= 15 is 0 Å². The highest BCUT2D eigenvalue weighted by molar-refractivity contribution is 6.30. The third-order valence-electron chi connectivity index (χ3n) is 7.01. The molecule has 1 aliphatic rings. The van der Waals surface area contributed by atoms with Crippen LogP contribution >= 0.6 is 11.6 Å². The number of methoxy groups -OCH3 is 2. The Hall–Kier alpha value is -4.74. The molecule has 0 saturated heterocycles. The molecule has 1 unspecified atom stereocenters. The Labute approximate surface area is 230 Å². The smallest absolute Gasteiger partial charge is 0.355 e. The number of para-hydroxylation sites is 1. The van der Waals surface area contributed by atoms with Gasteiger partial charge in [0, 0.05) is 39.1 Å². The molecule has 5 rings (SSSR count). The average Bonchev–Trinajstić information content (AvgIpc) is 3.29. The van der Waals surface area contributed by atoms with Gasteiger partial charge in [-0.05, 0) is 48.9 Å². The molecule has 0 fully saturated rings. The van der Waals surface area contributed by atoms with Crippen molar-refractivity contribution >= 4 is 51.0 Å². The summed E-state index contributed by atoms with van der Waals surface area (Å²) in [6, 6.07) is 22.4. The molecule has 4 aromatic rings. The Morgan fingerprint density at radius 1 is 0.974 bits per heavy atom. The predicted octanol–water partition coefficient (Wildman–Crippen LogP) is 5.37. The zero-order chi connectivity index (χ0) is 27.8. The number of allylic oxidation sites excluding steroid dienone is 1. The summed E-state index contributed by atoms with van der Waals surface area (Å²) >= 11 is 6.09. The molecule has 2 heterocycles. The molecule has 1 aromatic heterocycles. The Bertz CT molecular complexity index is 1740. The Morgan fingerprint density at radius 2 is 1.64 bits per heavy atom. The van der Waals surface area contributed by atoms with Gasteiger partial charge in [-0.15, -0.1) is 0 Å². The monoisotopic (exact) mass is 540 g/mol. The number of nitrogens with two attached hydrogens (primary N) is 1. The van der Waals surface area contributed by atoms with Gasteiger partial charge in [-0.1, -0.05) is 41.9 Å². The van der Waals surface area contributed by atoms with Crippen molar-refractivity contribution in [2.75, 3.05) is 19.1 Å². The van der Waals surface area contributed by atoms with Gasteiger partial charge in [-0.25, -0.2) is 9.59 Å². The van der Waals surface area contributed by atoms with Crippen molar-refractivity contribution in [3.63, 3.8) is 0 Å². The fraction of sp³-hybridized carbons (Fsp3) is 0.167. The van der Waals surface area contributed by atoms with Crippen molar-refractivity contribution in [2.45, 2.75) is 19.4 Å². The quantitative estimate of drug-likeness (QED) is 0.339. The van der Waals surface area contributed by atoms with E-state index in [1.54, 1.807) is 30.3 Å². The number of benzene rings is 3. The number of hydrogen-bond acceptors (Lipinski definition) is 7. The predicted molar refractivity (Wildman–Crippen MR) is 150 cm³/mol. The van der Waals surface area contributed by atoms with E-state index in [2.05, 4.69) is 17.6 Å². The molecule has 39 heavy (non-hydrogen) atoms. The lowest BCUT2D eigenvalue weighted by atomic mass is 9.81. The van der Waals surface area contributed by atoms with Crippen LogP contribution in [0.3, 0.4) is 0 Å². The molecule has 196 valence electrons. The minimum absolute atomic E-state index is 0.00378. The number of carbonyl (C=O) groups is 2. The number of nitriles is 1. The van der Waals surface area contributed by atoms with Crippen LogP contribution in [0.2, 0.25) is 5.02 Å². The van der Waals surface area contributed by atoms with Crippen molar-refractivity contribution in [1.29, 1.82) is 5.26 Å². The summed E-state index contributed by atoms with van der Waals surface area (Å²) in [7, 11) is 2.43. The first-order valence-electron chi connectivity index (χ1n) is 12.2. The number of fused-ring (bicyclic) bond motifs is 3. The number of hydrogen-bond donors (Lipinski definition) is 1. The second-order valence-corrected chi connectivity index (χ2v) is 9.38. The van der Waals surface area contributed by atoms with E-state index in [4.69, 9.17) is 26.8 Å². The summed E-state index contributed by atoms with van der Waals surface area (Å²) in [6.07, 6.45) is 0. The van der Waals surface area contributed by atoms with Crippen molar-refractivity contribution in [1.82, 2.24) is 4.57 Å². The summed E-state index contributed by atoms with van der Waals surface area (Å²) in [5.41, 5.74) is 9.65. The fourth-order valence-electron chi connectivity index (χ4n) is 5.31. The van der Waals surface area contributed by atoms with E-state index in [0.717, 1.165) is 28.4 Å². The van der Waals surface area contributed by atoms with E-state index in [-0.39, 0.29) is 22.7 Å². The molecule has 0 saturated carbocycles. The highest BCUT2D eigenvalue weighted by atomic mass is 35.5. The maximum absolute atomic E-state index is 13.4. The molecule has 0 radical (unpaired) electrons. The fourth-order valence-corrected chi connectivity index (χ4v) is 5.44. The summed E-state index contributed by atoms with van der Waals surface area (Å²) < 4.78 is 12.4. The van der Waals surface area contributed by atoms with Gasteiger partial charge in [0.1, 0.15) is 11.5 Å². The molecule has 8 nitrogen and oxygen atoms in total. The first-order chi connectivity index (χ1) is 18.9. The maximum atomic E-state index is 13.4. The molecule has 1 atom stereocenters. The van der Waals surface area contributed by atoms with Crippen molar-refractivity contribution in [3.05, 3.63) is 100.0 Å². The number of aryl methyl sites for hydroxylation is 1. The SMILES string of the molecule is CCn1c2ccccc2c2cc(N3C(N)=C(C#N)C(c4ccc(Cl)cc4)C(C(=O)OC)=C3C(=O)OC)ccc21. The normalized spacial score (nSPS) is 15.6. The standard InChI is InChI=1S/C30H25ClN4O4/c1-4-34-23-8-6-5-7-20(23)21-15-19(13-14-24(21)34)35-27(30(37)39-3)26(29(36)38-2)25(22(16-32)28(35)33)17-9-11-18(31)12-10-17/h5-15,25H,4,33H2,1-3H3. The van der Waals surface area contributed by atoms with Crippen LogP contribution in [0.25, 0.3) is 21.8 Å². The van der Waals surface area contributed by atoms with Crippen LogP contribution < -0.4 is 10.6 Å². The first kappa shape index (κ1) is 25.9. The summed E-state index contributed by atoms with van der Waals surface area (Å²) in [5, 5.41) is 12.7. The van der Waals surface area contributed by atoms with Gasteiger partial charge < -0.3 is 19.8 Å². The average molecular weight is 541 g/mol. The number of nitrogens with zero attached hydrogens (tertiary/aromatic N) is 3. The number of halogens is 1. The second kappa shape index (κ2) is 10.2. The number of ether oxygens (including phenoxy) is 2. The second-order valence-electron chi connectivity index (χ2n) is 8.94. The number of carbonyl (C=O) groups excluding carboxylic acids is 2. The molecule has 0 spiro atoms. The molecular formula is C30H25ClN4O4. The van der Waals surface area contributed by atoms with Crippen molar-refractivity contribution in [3.8, 4) is 6.07 Å². The summed E-state index contributed by atoms with van der Waals surface area (Å²) in [5.74, 6) is -2.56. The lowest BCUT2D eigenvalue weighted by Gasteiger charge is -2.36. The molecule has 0 aliphatic carbocycles. The van der Waals surface area contributed by atoms with Gasteiger partial charge in [0.05, 0.1) is 37.4 Å². The highest BCUT2D eigenvalue weighted by Crippen LogP contribution is 2.44. The van der Waals surface area contributed by atoms with Crippen LogP contribution in [0.4, 0.5) is 5.69 Å². The summed E-state index contributed by atoms with van der Waals surface area (Å²) in [6.45, 7) is 2.83. The van der Waals surface area contributed by atoms with Crippen molar-refractivity contribution < 1.29 is 19.1 Å². The number of esters is 2. The molecule has 0 bridgehead atoms. The van der Waals surface area contributed by atoms with Gasteiger partial charge in [-0.3, -0.25) is 4.90 Å². The van der Waals surface area contributed by atoms with Crippen molar-refractivity contribution in [2.24, 2.45) is 5.73 Å². The Kier molecular flexibility index (Phi) is 6.77. The third-order valence-corrected chi connectivity index (χ3v) is 7.26. The van der Waals surface area contributed by atoms with Crippen LogP contribution in [0.5, 0.6) is 0 Å². The molecular weight excluding hydrogens is 516 g/mol. The van der Waals surface area contributed by atoms with Gasteiger partial charge in [0.15, 0.2) is 0 Å². The molecule has 0 amide bonds. The van der Waals surface area contributed by atoms with E-state index in [1.165, 1.54) is 19.1 Å². The van der Waals surface area contributed by atoms with E-state index in [1.807, 2.05) is 36.4 Å². The summed E-state index contributed by atoms with van der Waals surface area (Å²) in [4.78, 5) is 28.1. The molecule has 1 aliphatic heterocycles. The van der Waals surface area contributed by atoms with Gasteiger partial charge in [0.25, 0.3) is 0 Å². The van der Waals surface area contributed by atoms with E-state index in [9.17, 15) is 14.9 Å². The molecule has 3 aromatic carbocycles. The van der Waals surface area contributed by atoms with Gasteiger partial charge >= 0.3 is 11.9 Å². The van der Waals surface area contributed by atoms with Crippen LogP contribution in [0, 0.1) is 11.3 Å². The van der Waals surface area contributed by atoms with Gasteiger partial charge in [0.2, 0.25) is 0 Å². The number of rotatable bonds is 5. The Morgan fingerprint density at radius 3 is 2.28 bits per heavy atom. The zero-order valence-corrected chi connectivity index (χ0v) is 22.3. The van der Waals surface area contributed by atoms with E-state index in [0.29, 0.717) is 16.3 Å². The van der Waals surface area contributed by atoms with Crippen LogP contribution in [-0.2, 0) is 25.6 Å². The Balaban J connectivity index is 1.84. The maximum Gasteiger partial charge on any atom is 0.355 e. The van der Waals surface area contributed by atoms with Crippen LogP contribution in [-0.4, -0.2) is 30.7 Å². The minimum Gasteiger partial charge on any atom is -0.466 e. The van der Waals surface area contributed by atoms with Gasteiger partial charge in [-0.2, -0.15) is 5.26 Å². The third kappa shape index (κ3) is 4.08. The highest BCUT2D eigenvalue weighted by Gasteiger charge is 2.43. The topological polar surface area (TPSA) is 111 Å². The number of aromatic nitrogens is 1. The van der Waals surface area contributed by atoms with E-state index < -0.39 is 17.9 Å². The molecule has 2 N–H and O–H groups in total. The molecule has 9 heteroatoms. The first-order valence-corrected chi connectivity index (χ1v) is 12.6. The lowest BCUT2D eigenvalue weighted by molar-refractivity contribution is -0.139.